The van der Waals surface area contributed by atoms with Crippen molar-refractivity contribution in [2.24, 2.45) is 5.92 Å². The van der Waals surface area contributed by atoms with Gasteiger partial charge in [0.05, 0.1) is 0 Å². The molecule has 0 N–H and O–H groups in total. The first-order valence-electron chi connectivity index (χ1n) is 5.88. The van der Waals surface area contributed by atoms with Gasteiger partial charge in [-0.2, -0.15) is 0 Å². The number of piperidine rings is 1. The van der Waals surface area contributed by atoms with Crippen LogP contribution in [0, 0.1) is 5.92 Å². The number of nitrogens with zero attached hydrogens (tertiary/aromatic N) is 1. The van der Waals surface area contributed by atoms with Crippen LogP contribution in [0.15, 0.2) is 37.0 Å². The van der Waals surface area contributed by atoms with Gasteiger partial charge < -0.3 is 0 Å². The zero-order valence-electron chi connectivity index (χ0n) is 10.1. The summed E-state index contributed by atoms with van der Waals surface area (Å²) >= 11 is 0. The maximum atomic E-state index is 3.87. The summed E-state index contributed by atoms with van der Waals surface area (Å²) in [6.07, 6.45) is 8.56. The third-order valence-corrected chi connectivity index (χ3v) is 3.26. The number of likely N-dealkylation sites (tertiary alicyclic amines) is 1. The van der Waals surface area contributed by atoms with E-state index in [0.29, 0.717) is 6.04 Å². The zero-order valence-corrected chi connectivity index (χ0v) is 10.1. The smallest absolute Gasteiger partial charge is 0.0319 e. The number of allylic oxidation sites excluding steroid dienone is 2. The van der Waals surface area contributed by atoms with Crippen LogP contribution >= 0.6 is 0 Å². The molecule has 1 saturated heterocycles. The second-order valence-corrected chi connectivity index (χ2v) is 4.52. The highest BCUT2D eigenvalue weighted by Crippen LogP contribution is 2.21. The van der Waals surface area contributed by atoms with Crippen LogP contribution in [0.3, 0.4) is 0 Å². The molecule has 0 aromatic carbocycles. The van der Waals surface area contributed by atoms with Crippen molar-refractivity contribution in [3.63, 3.8) is 0 Å². The van der Waals surface area contributed by atoms with Gasteiger partial charge in [-0.05, 0) is 37.8 Å². The van der Waals surface area contributed by atoms with E-state index in [0.717, 1.165) is 5.92 Å². The van der Waals surface area contributed by atoms with Gasteiger partial charge in [-0.3, -0.25) is 4.90 Å². The van der Waals surface area contributed by atoms with Crippen molar-refractivity contribution in [2.45, 2.75) is 32.7 Å². The fraction of sp³-hybridized carbons (Fsp3) is 0.571. The predicted octanol–water partition coefficient (Wildman–Crippen LogP) is 3.41. The highest BCUT2D eigenvalue weighted by atomic mass is 15.2. The summed E-state index contributed by atoms with van der Waals surface area (Å²) in [5, 5.41) is 0. The molecule has 2 unspecified atom stereocenters. The van der Waals surface area contributed by atoms with Gasteiger partial charge in [0.15, 0.2) is 0 Å². The summed E-state index contributed by atoms with van der Waals surface area (Å²) in [7, 11) is 0. The van der Waals surface area contributed by atoms with Crippen LogP contribution in [0.25, 0.3) is 0 Å². The summed E-state index contributed by atoms with van der Waals surface area (Å²) in [4.78, 5) is 2.55. The lowest BCUT2D eigenvalue weighted by atomic mass is 9.96. The molecule has 0 aromatic rings. The molecule has 1 heteroatoms. The average Bonchev–Trinajstić information content (AvgIpc) is 2.25. The summed E-state index contributed by atoms with van der Waals surface area (Å²) < 4.78 is 0. The third-order valence-electron chi connectivity index (χ3n) is 3.26. The lowest BCUT2D eigenvalue weighted by molar-refractivity contribution is 0.157. The molecule has 1 aliphatic heterocycles. The molecule has 1 fully saturated rings. The molecule has 0 bridgehead atoms. The Hall–Kier alpha value is -0.820. The van der Waals surface area contributed by atoms with Gasteiger partial charge in [0.2, 0.25) is 0 Å². The monoisotopic (exact) mass is 205 g/mol. The average molecular weight is 205 g/mol. The second kappa shape index (κ2) is 5.92. The SMILES string of the molecule is C=C/C=C(\C=C)C(C)N1CCCC(C)C1. The number of hydrogen-bond donors (Lipinski definition) is 0. The molecule has 0 aromatic heterocycles. The van der Waals surface area contributed by atoms with E-state index in [4.69, 9.17) is 0 Å². The van der Waals surface area contributed by atoms with Crippen molar-refractivity contribution >= 4 is 0 Å². The second-order valence-electron chi connectivity index (χ2n) is 4.52. The lowest BCUT2D eigenvalue weighted by Crippen LogP contribution is -2.41. The Bertz CT molecular complexity index is 252. The molecule has 2 atom stereocenters. The van der Waals surface area contributed by atoms with Gasteiger partial charge in [-0.1, -0.05) is 38.3 Å². The quantitative estimate of drug-likeness (QED) is 0.636. The highest BCUT2D eigenvalue weighted by Gasteiger charge is 2.21. The number of rotatable bonds is 4. The molecule has 0 amide bonds. The first kappa shape index (κ1) is 12.3. The van der Waals surface area contributed by atoms with Crippen LogP contribution in [0.1, 0.15) is 26.7 Å². The van der Waals surface area contributed by atoms with Crippen LogP contribution in [0.2, 0.25) is 0 Å². The topological polar surface area (TPSA) is 3.24 Å². The normalized spacial score (nSPS) is 26.0. The maximum Gasteiger partial charge on any atom is 0.0319 e. The van der Waals surface area contributed by atoms with Gasteiger partial charge in [0, 0.05) is 12.6 Å². The van der Waals surface area contributed by atoms with Crippen LogP contribution in [0.4, 0.5) is 0 Å². The molecule has 15 heavy (non-hydrogen) atoms. The van der Waals surface area contributed by atoms with Gasteiger partial charge in [-0.15, -0.1) is 0 Å². The van der Waals surface area contributed by atoms with Gasteiger partial charge >= 0.3 is 0 Å². The van der Waals surface area contributed by atoms with Gasteiger partial charge in [0.1, 0.15) is 0 Å². The summed E-state index contributed by atoms with van der Waals surface area (Å²) in [6.45, 7) is 14.6. The highest BCUT2D eigenvalue weighted by molar-refractivity contribution is 5.26. The van der Waals surface area contributed by atoms with Crippen molar-refractivity contribution in [3.8, 4) is 0 Å². The molecule has 84 valence electrons. The van der Waals surface area contributed by atoms with E-state index >= 15 is 0 Å². The van der Waals surface area contributed by atoms with Crippen LogP contribution in [-0.4, -0.2) is 24.0 Å². The van der Waals surface area contributed by atoms with Crippen LogP contribution in [-0.2, 0) is 0 Å². The molecule has 0 saturated carbocycles. The van der Waals surface area contributed by atoms with Gasteiger partial charge in [-0.25, -0.2) is 0 Å². The minimum absolute atomic E-state index is 0.475. The molecule has 0 radical (unpaired) electrons. The molecule has 0 spiro atoms. The minimum Gasteiger partial charge on any atom is -0.296 e. The summed E-state index contributed by atoms with van der Waals surface area (Å²) in [5.41, 5.74) is 1.28. The largest absolute Gasteiger partial charge is 0.296 e. The van der Waals surface area contributed by atoms with Crippen molar-refractivity contribution in [3.05, 3.63) is 37.0 Å². The first-order chi connectivity index (χ1) is 7.19. The van der Waals surface area contributed by atoms with E-state index in [1.807, 2.05) is 12.2 Å². The van der Waals surface area contributed by atoms with Gasteiger partial charge in [0.25, 0.3) is 0 Å². The van der Waals surface area contributed by atoms with Crippen molar-refractivity contribution in [2.75, 3.05) is 13.1 Å². The molecule has 1 rings (SSSR count). The van der Waals surface area contributed by atoms with E-state index < -0.39 is 0 Å². The van der Waals surface area contributed by atoms with Crippen LogP contribution < -0.4 is 0 Å². The van der Waals surface area contributed by atoms with Crippen molar-refractivity contribution in [1.82, 2.24) is 4.90 Å². The Kier molecular flexibility index (Phi) is 4.83. The molecule has 0 aliphatic carbocycles. The van der Waals surface area contributed by atoms with E-state index in [1.54, 1.807) is 0 Å². The predicted molar refractivity (Wildman–Crippen MR) is 67.9 cm³/mol. The molecule has 1 nitrogen and oxygen atoms in total. The minimum atomic E-state index is 0.475. The summed E-state index contributed by atoms with van der Waals surface area (Å²) in [5.74, 6) is 0.830. The van der Waals surface area contributed by atoms with E-state index in [2.05, 4.69) is 38.0 Å². The Labute approximate surface area is 94.2 Å². The third kappa shape index (κ3) is 3.35. The Morgan fingerprint density at radius 2 is 2.20 bits per heavy atom. The Morgan fingerprint density at radius 3 is 2.73 bits per heavy atom. The molecular formula is C14H23N. The fourth-order valence-corrected chi connectivity index (χ4v) is 2.30. The number of hydrogen-bond acceptors (Lipinski definition) is 1. The molecule has 1 aliphatic rings. The maximum absolute atomic E-state index is 3.87. The zero-order chi connectivity index (χ0) is 11.3. The van der Waals surface area contributed by atoms with Crippen LogP contribution in [0.5, 0.6) is 0 Å². The van der Waals surface area contributed by atoms with E-state index in [-0.39, 0.29) is 0 Å². The Morgan fingerprint density at radius 1 is 1.47 bits per heavy atom. The standard InChI is InChI=1S/C14H23N/c1-5-8-14(6-2)13(4)15-10-7-9-12(3)11-15/h5-6,8,12-13H,1-2,7,9-11H2,3-4H3/b14-8+. The lowest BCUT2D eigenvalue weighted by Gasteiger charge is -2.36. The van der Waals surface area contributed by atoms with E-state index in [9.17, 15) is 0 Å². The Balaban J connectivity index is 2.65. The molecule has 1 heterocycles. The first-order valence-corrected chi connectivity index (χ1v) is 5.88. The van der Waals surface area contributed by atoms with Crippen molar-refractivity contribution < 1.29 is 0 Å². The van der Waals surface area contributed by atoms with Crippen molar-refractivity contribution in [1.29, 1.82) is 0 Å². The summed E-state index contributed by atoms with van der Waals surface area (Å²) in [6, 6.07) is 0.475. The molecular weight excluding hydrogens is 182 g/mol. The fourth-order valence-electron chi connectivity index (χ4n) is 2.30. The van der Waals surface area contributed by atoms with E-state index in [1.165, 1.54) is 31.5 Å².